The van der Waals surface area contributed by atoms with Gasteiger partial charge < -0.3 is 26.4 Å². The standard InChI is InChI=1S/C15H24N2O4/c1-3-6-15(2,21)9-17-14(20)11(16)7-10-4-5-12(18)13(19)8-10/h4-5,8,11,18-19,21H,3,6-7,9,16H2,1-2H3,(H,17,20)/t11-,15?/m0/s1. The molecule has 1 rings (SSSR count). The van der Waals surface area contributed by atoms with Crippen molar-refractivity contribution in [1.82, 2.24) is 5.32 Å². The molecule has 1 unspecified atom stereocenters. The van der Waals surface area contributed by atoms with Crippen molar-refractivity contribution in [2.75, 3.05) is 6.54 Å². The second kappa shape index (κ2) is 7.28. The monoisotopic (exact) mass is 296 g/mol. The van der Waals surface area contributed by atoms with Crippen LogP contribution in [0.2, 0.25) is 0 Å². The predicted molar refractivity (Wildman–Crippen MR) is 80.0 cm³/mol. The van der Waals surface area contributed by atoms with E-state index in [1.54, 1.807) is 13.0 Å². The molecule has 21 heavy (non-hydrogen) atoms. The van der Waals surface area contributed by atoms with Gasteiger partial charge in [-0.1, -0.05) is 19.4 Å². The molecule has 0 fully saturated rings. The van der Waals surface area contributed by atoms with Crippen LogP contribution in [0.3, 0.4) is 0 Å². The number of aliphatic hydroxyl groups is 1. The lowest BCUT2D eigenvalue weighted by atomic mass is 10.00. The molecule has 1 aromatic rings. The van der Waals surface area contributed by atoms with Gasteiger partial charge in [0, 0.05) is 6.54 Å². The Morgan fingerprint density at radius 3 is 2.62 bits per heavy atom. The van der Waals surface area contributed by atoms with Crippen molar-refractivity contribution < 1.29 is 20.1 Å². The van der Waals surface area contributed by atoms with E-state index in [1.807, 2.05) is 6.92 Å². The van der Waals surface area contributed by atoms with E-state index in [1.165, 1.54) is 12.1 Å². The van der Waals surface area contributed by atoms with Crippen LogP contribution in [-0.2, 0) is 11.2 Å². The summed E-state index contributed by atoms with van der Waals surface area (Å²) in [5.41, 5.74) is 5.51. The number of benzene rings is 1. The summed E-state index contributed by atoms with van der Waals surface area (Å²) in [6.07, 6.45) is 1.64. The van der Waals surface area contributed by atoms with Crippen LogP contribution in [0.5, 0.6) is 11.5 Å². The Morgan fingerprint density at radius 1 is 1.38 bits per heavy atom. The van der Waals surface area contributed by atoms with E-state index in [9.17, 15) is 20.1 Å². The maximum absolute atomic E-state index is 11.9. The van der Waals surface area contributed by atoms with E-state index >= 15 is 0 Å². The molecule has 118 valence electrons. The number of nitrogens with one attached hydrogen (secondary N) is 1. The number of hydrogen-bond acceptors (Lipinski definition) is 5. The molecule has 0 heterocycles. The Hall–Kier alpha value is -1.79. The summed E-state index contributed by atoms with van der Waals surface area (Å²) in [7, 11) is 0. The minimum absolute atomic E-state index is 0.147. The van der Waals surface area contributed by atoms with Crippen LogP contribution in [0.1, 0.15) is 32.3 Å². The maximum Gasteiger partial charge on any atom is 0.237 e. The molecule has 6 heteroatoms. The molecular formula is C15H24N2O4. The summed E-state index contributed by atoms with van der Waals surface area (Å²) in [4.78, 5) is 11.9. The smallest absolute Gasteiger partial charge is 0.237 e. The SMILES string of the molecule is CCCC(C)(O)CNC(=O)[C@@H](N)Cc1ccc(O)c(O)c1. The number of hydrogen-bond donors (Lipinski definition) is 5. The lowest BCUT2D eigenvalue weighted by Gasteiger charge is -2.24. The average molecular weight is 296 g/mol. The van der Waals surface area contributed by atoms with E-state index in [0.29, 0.717) is 12.0 Å². The summed E-state index contributed by atoms with van der Waals surface area (Å²) < 4.78 is 0. The third-order valence-corrected chi connectivity index (χ3v) is 3.26. The number of phenols is 2. The minimum Gasteiger partial charge on any atom is -0.504 e. The van der Waals surface area contributed by atoms with Gasteiger partial charge in [0.2, 0.25) is 5.91 Å². The van der Waals surface area contributed by atoms with Gasteiger partial charge in [-0.2, -0.15) is 0 Å². The first-order valence-electron chi connectivity index (χ1n) is 7.01. The van der Waals surface area contributed by atoms with Gasteiger partial charge in [-0.05, 0) is 37.5 Å². The first-order valence-corrected chi connectivity index (χ1v) is 7.01. The van der Waals surface area contributed by atoms with Crippen molar-refractivity contribution in [3.63, 3.8) is 0 Å². The lowest BCUT2D eigenvalue weighted by molar-refractivity contribution is -0.123. The summed E-state index contributed by atoms with van der Waals surface area (Å²) in [6.45, 7) is 3.77. The quantitative estimate of drug-likeness (QED) is 0.473. The van der Waals surface area contributed by atoms with Crippen LogP contribution in [-0.4, -0.2) is 39.4 Å². The predicted octanol–water partition coefficient (Wildman–Crippen LogP) is 0.635. The zero-order valence-corrected chi connectivity index (χ0v) is 12.5. The second-order valence-corrected chi connectivity index (χ2v) is 5.60. The van der Waals surface area contributed by atoms with Crippen LogP contribution >= 0.6 is 0 Å². The highest BCUT2D eigenvalue weighted by atomic mass is 16.3. The number of aromatic hydroxyl groups is 2. The summed E-state index contributed by atoms with van der Waals surface area (Å²) in [5.74, 6) is -0.822. The van der Waals surface area contributed by atoms with Crippen LogP contribution in [0, 0.1) is 0 Å². The molecule has 2 atom stereocenters. The largest absolute Gasteiger partial charge is 0.504 e. The van der Waals surface area contributed by atoms with E-state index < -0.39 is 11.6 Å². The summed E-state index contributed by atoms with van der Waals surface area (Å²) in [5, 5.41) is 31.2. The van der Waals surface area contributed by atoms with Gasteiger partial charge in [0.15, 0.2) is 11.5 Å². The van der Waals surface area contributed by atoms with Gasteiger partial charge in [0.1, 0.15) is 0 Å². The van der Waals surface area contributed by atoms with Gasteiger partial charge in [-0.3, -0.25) is 4.79 Å². The van der Waals surface area contributed by atoms with Crippen molar-refractivity contribution in [1.29, 1.82) is 0 Å². The van der Waals surface area contributed by atoms with E-state index in [2.05, 4.69) is 5.32 Å². The molecule has 0 bridgehead atoms. The fourth-order valence-corrected chi connectivity index (χ4v) is 2.08. The Morgan fingerprint density at radius 2 is 2.05 bits per heavy atom. The molecule has 0 aliphatic rings. The molecule has 0 aliphatic heterocycles. The molecule has 6 nitrogen and oxygen atoms in total. The number of amides is 1. The van der Waals surface area contributed by atoms with E-state index in [-0.39, 0.29) is 30.4 Å². The highest BCUT2D eigenvalue weighted by Gasteiger charge is 2.22. The van der Waals surface area contributed by atoms with Gasteiger partial charge >= 0.3 is 0 Å². The van der Waals surface area contributed by atoms with Gasteiger partial charge in [-0.15, -0.1) is 0 Å². The highest BCUT2D eigenvalue weighted by molar-refractivity contribution is 5.81. The van der Waals surface area contributed by atoms with E-state index in [0.717, 1.165) is 6.42 Å². The van der Waals surface area contributed by atoms with Crippen LogP contribution < -0.4 is 11.1 Å². The molecule has 0 radical (unpaired) electrons. The van der Waals surface area contributed by atoms with Crippen molar-refractivity contribution in [2.24, 2.45) is 5.73 Å². The molecule has 1 amide bonds. The normalized spacial score (nSPS) is 15.2. The highest BCUT2D eigenvalue weighted by Crippen LogP contribution is 2.25. The third-order valence-electron chi connectivity index (χ3n) is 3.26. The molecule has 0 aliphatic carbocycles. The zero-order valence-electron chi connectivity index (χ0n) is 12.5. The maximum atomic E-state index is 11.9. The average Bonchev–Trinajstić information content (AvgIpc) is 2.40. The van der Waals surface area contributed by atoms with E-state index in [4.69, 9.17) is 5.73 Å². The Labute approximate surface area is 124 Å². The van der Waals surface area contributed by atoms with Gasteiger partial charge in [0.05, 0.1) is 11.6 Å². The zero-order chi connectivity index (χ0) is 16.0. The van der Waals surface area contributed by atoms with Crippen LogP contribution in [0.15, 0.2) is 18.2 Å². The number of rotatable bonds is 7. The van der Waals surface area contributed by atoms with Gasteiger partial charge in [-0.25, -0.2) is 0 Å². The van der Waals surface area contributed by atoms with Crippen molar-refractivity contribution in [2.45, 2.75) is 44.8 Å². The fourth-order valence-electron chi connectivity index (χ4n) is 2.08. The minimum atomic E-state index is -0.944. The molecule has 0 saturated heterocycles. The molecule has 1 aromatic carbocycles. The van der Waals surface area contributed by atoms with Crippen molar-refractivity contribution >= 4 is 5.91 Å². The first kappa shape index (κ1) is 17.3. The third kappa shape index (κ3) is 5.61. The first-order chi connectivity index (χ1) is 9.75. The molecular weight excluding hydrogens is 272 g/mol. The summed E-state index contributed by atoms with van der Waals surface area (Å²) in [6, 6.07) is 3.53. The number of phenolic OH excluding ortho intramolecular Hbond substituents is 2. The van der Waals surface area contributed by atoms with Crippen molar-refractivity contribution in [3.05, 3.63) is 23.8 Å². The topological polar surface area (TPSA) is 116 Å². The van der Waals surface area contributed by atoms with Crippen molar-refractivity contribution in [3.8, 4) is 11.5 Å². The lowest BCUT2D eigenvalue weighted by Crippen LogP contribution is -2.47. The second-order valence-electron chi connectivity index (χ2n) is 5.60. The number of carbonyl (C=O) groups is 1. The number of nitrogens with two attached hydrogens (primary N) is 1. The fraction of sp³-hybridized carbons (Fsp3) is 0.533. The van der Waals surface area contributed by atoms with Gasteiger partial charge in [0.25, 0.3) is 0 Å². The molecule has 0 saturated carbocycles. The van der Waals surface area contributed by atoms with Crippen LogP contribution in [0.25, 0.3) is 0 Å². The summed E-state index contributed by atoms with van der Waals surface area (Å²) >= 11 is 0. The Kier molecular flexibility index (Phi) is 5.99. The van der Waals surface area contributed by atoms with Crippen LogP contribution in [0.4, 0.5) is 0 Å². The molecule has 0 aromatic heterocycles. The molecule has 6 N–H and O–H groups in total. The Bertz CT molecular complexity index is 489. The molecule has 0 spiro atoms. The number of carbonyl (C=O) groups excluding carboxylic acids is 1. The Balaban J connectivity index is 2.53.